The van der Waals surface area contributed by atoms with Crippen LogP contribution >= 0.6 is 15.9 Å². The molecule has 0 aliphatic carbocycles. The van der Waals surface area contributed by atoms with Crippen LogP contribution in [0.3, 0.4) is 0 Å². The summed E-state index contributed by atoms with van der Waals surface area (Å²) in [7, 11) is 1.57. The van der Waals surface area contributed by atoms with Crippen LogP contribution in [0.25, 0.3) is 22.2 Å². The Hall–Kier alpha value is -4.82. The average molecular weight is 580 g/mol. The van der Waals surface area contributed by atoms with Crippen molar-refractivity contribution in [1.82, 2.24) is 10.4 Å². The zero-order valence-electron chi connectivity index (χ0n) is 20.8. The number of amides is 1. The molecule has 0 atom stereocenters. The number of methoxy groups -OCH3 is 1. The number of nitrogens with one attached hydrogen (secondary N) is 1. The fourth-order valence-corrected chi connectivity index (χ4v) is 4.14. The van der Waals surface area contributed by atoms with Gasteiger partial charge in [-0.3, -0.25) is 4.79 Å². The van der Waals surface area contributed by atoms with Crippen LogP contribution in [0.5, 0.6) is 11.5 Å². The van der Waals surface area contributed by atoms with Crippen LogP contribution in [0.4, 0.5) is 0 Å². The Bertz CT molecular complexity index is 1670. The van der Waals surface area contributed by atoms with Gasteiger partial charge in [0.05, 0.1) is 35.7 Å². The number of hydrogen-bond acceptors (Lipinski definition) is 6. The lowest BCUT2D eigenvalue weighted by molar-refractivity contribution is 0.0734. The van der Waals surface area contributed by atoms with Gasteiger partial charge in [-0.2, -0.15) is 5.10 Å². The van der Waals surface area contributed by atoms with Crippen molar-refractivity contribution < 1.29 is 19.1 Å². The summed E-state index contributed by atoms with van der Waals surface area (Å²) >= 11 is 3.45. The third-order valence-electron chi connectivity index (χ3n) is 5.88. The fourth-order valence-electron chi connectivity index (χ4n) is 3.88. The van der Waals surface area contributed by atoms with Crippen LogP contribution in [-0.4, -0.2) is 30.2 Å². The summed E-state index contributed by atoms with van der Waals surface area (Å²) < 4.78 is 11.7. The van der Waals surface area contributed by atoms with Gasteiger partial charge < -0.3 is 9.47 Å². The smallest absolute Gasteiger partial charge is 0.343 e. The van der Waals surface area contributed by atoms with Crippen LogP contribution in [0.1, 0.15) is 26.3 Å². The molecule has 39 heavy (non-hydrogen) atoms. The first-order valence-corrected chi connectivity index (χ1v) is 12.7. The SMILES string of the molecule is COc1ccc2nc(-c3ccc(Br)cc3)cc(C(=O)NN=Cc3ccc(OC(=O)c4ccccc4)cc3)c2c1. The van der Waals surface area contributed by atoms with E-state index >= 15 is 0 Å². The Labute approximate surface area is 233 Å². The molecule has 1 amide bonds. The lowest BCUT2D eigenvalue weighted by atomic mass is 10.0. The topological polar surface area (TPSA) is 89.9 Å². The van der Waals surface area contributed by atoms with E-state index in [1.807, 2.05) is 36.4 Å². The molecular formula is C31H22BrN3O4. The van der Waals surface area contributed by atoms with Gasteiger partial charge in [0.15, 0.2) is 0 Å². The first-order chi connectivity index (χ1) is 19.0. The molecule has 0 bridgehead atoms. The van der Waals surface area contributed by atoms with Crippen molar-refractivity contribution >= 4 is 44.9 Å². The van der Waals surface area contributed by atoms with Crippen LogP contribution < -0.4 is 14.9 Å². The standard InChI is InChI=1S/C31H22BrN3O4/c1-38-25-15-16-28-26(17-25)27(18-29(34-28)21-9-11-23(32)12-10-21)30(36)35-33-19-20-7-13-24(14-8-20)39-31(37)22-5-3-2-4-6-22/h2-19H,1H3,(H,35,36). The molecule has 5 rings (SSSR count). The highest BCUT2D eigenvalue weighted by Gasteiger charge is 2.15. The monoisotopic (exact) mass is 579 g/mol. The van der Waals surface area contributed by atoms with E-state index in [0.717, 1.165) is 10.0 Å². The number of aromatic nitrogens is 1. The number of ether oxygens (including phenoxy) is 2. The molecule has 0 aliphatic heterocycles. The number of rotatable bonds is 7. The number of hydrazone groups is 1. The minimum absolute atomic E-state index is 0.390. The van der Waals surface area contributed by atoms with Crippen LogP contribution in [-0.2, 0) is 0 Å². The zero-order valence-corrected chi connectivity index (χ0v) is 22.4. The first-order valence-electron chi connectivity index (χ1n) is 12.0. The summed E-state index contributed by atoms with van der Waals surface area (Å²) in [6.45, 7) is 0. The van der Waals surface area contributed by atoms with E-state index in [0.29, 0.717) is 44.8 Å². The summed E-state index contributed by atoms with van der Waals surface area (Å²) in [6.07, 6.45) is 1.51. The number of hydrogen-bond donors (Lipinski definition) is 1. The maximum atomic E-state index is 13.2. The highest BCUT2D eigenvalue weighted by atomic mass is 79.9. The molecular weight excluding hydrogens is 558 g/mol. The van der Waals surface area contributed by atoms with Crippen molar-refractivity contribution in [2.75, 3.05) is 7.11 Å². The zero-order chi connectivity index (χ0) is 27.2. The Morgan fingerprint density at radius 3 is 2.31 bits per heavy atom. The van der Waals surface area contributed by atoms with Gasteiger partial charge in [-0.15, -0.1) is 0 Å². The summed E-state index contributed by atoms with van der Waals surface area (Å²) in [5, 5.41) is 4.78. The molecule has 1 N–H and O–H groups in total. The third-order valence-corrected chi connectivity index (χ3v) is 6.41. The van der Waals surface area contributed by atoms with Crippen molar-refractivity contribution in [2.24, 2.45) is 5.10 Å². The average Bonchev–Trinajstić information content (AvgIpc) is 2.98. The molecule has 0 aliphatic rings. The molecule has 7 nitrogen and oxygen atoms in total. The minimum atomic E-state index is -0.437. The van der Waals surface area contributed by atoms with Crippen molar-refractivity contribution in [2.45, 2.75) is 0 Å². The normalized spacial score (nSPS) is 10.9. The molecule has 0 saturated carbocycles. The van der Waals surface area contributed by atoms with E-state index < -0.39 is 11.9 Å². The number of halogens is 1. The molecule has 5 aromatic rings. The Balaban J connectivity index is 1.34. The van der Waals surface area contributed by atoms with Gasteiger partial charge in [-0.05, 0) is 78.4 Å². The molecule has 1 heterocycles. The van der Waals surface area contributed by atoms with E-state index in [1.165, 1.54) is 6.21 Å². The van der Waals surface area contributed by atoms with Crippen molar-refractivity contribution in [1.29, 1.82) is 0 Å². The fraction of sp³-hybridized carbons (Fsp3) is 0.0323. The second kappa shape index (κ2) is 11.7. The summed E-state index contributed by atoms with van der Waals surface area (Å²) in [6, 6.07) is 30.4. The predicted molar refractivity (Wildman–Crippen MR) is 154 cm³/mol. The van der Waals surface area contributed by atoms with Gasteiger partial charge in [0.2, 0.25) is 0 Å². The van der Waals surface area contributed by atoms with E-state index in [4.69, 9.17) is 14.5 Å². The third kappa shape index (κ3) is 6.19. The summed E-state index contributed by atoms with van der Waals surface area (Å²) in [5.74, 6) is 0.195. The van der Waals surface area contributed by atoms with E-state index in [-0.39, 0.29) is 0 Å². The molecule has 0 unspecified atom stereocenters. The van der Waals surface area contributed by atoms with E-state index in [9.17, 15) is 9.59 Å². The number of pyridine rings is 1. The van der Waals surface area contributed by atoms with Gasteiger partial charge in [0.1, 0.15) is 11.5 Å². The maximum absolute atomic E-state index is 13.2. The van der Waals surface area contributed by atoms with Crippen LogP contribution in [0.2, 0.25) is 0 Å². The highest BCUT2D eigenvalue weighted by molar-refractivity contribution is 9.10. The number of carbonyl (C=O) groups is 2. The largest absolute Gasteiger partial charge is 0.497 e. The molecule has 0 fully saturated rings. The summed E-state index contributed by atoms with van der Waals surface area (Å²) in [4.78, 5) is 30.2. The number of nitrogens with zero attached hydrogens (tertiary/aromatic N) is 2. The first kappa shape index (κ1) is 25.8. The Morgan fingerprint density at radius 1 is 0.872 bits per heavy atom. The number of benzene rings is 4. The van der Waals surface area contributed by atoms with Crippen LogP contribution in [0, 0.1) is 0 Å². The number of fused-ring (bicyclic) bond motifs is 1. The molecule has 0 saturated heterocycles. The molecule has 0 spiro atoms. The molecule has 0 radical (unpaired) electrons. The van der Waals surface area contributed by atoms with Crippen LogP contribution in [0.15, 0.2) is 113 Å². The number of esters is 1. The van der Waals surface area contributed by atoms with Gasteiger partial charge in [-0.25, -0.2) is 15.2 Å². The molecule has 4 aromatic carbocycles. The maximum Gasteiger partial charge on any atom is 0.343 e. The molecule has 192 valence electrons. The van der Waals surface area contributed by atoms with Gasteiger partial charge in [0.25, 0.3) is 5.91 Å². The molecule has 8 heteroatoms. The van der Waals surface area contributed by atoms with E-state index in [1.54, 1.807) is 73.8 Å². The minimum Gasteiger partial charge on any atom is -0.497 e. The second-order valence-corrected chi connectivity index (χ2v) is 9.38. The highest BCUT2D eigenvalue weighted by Crippen LogP contribution is 2.28. The van der Waals surface area contributed by atoms with Crippen molar-refractivity contribution in [3.8, 4) is 22.8 Å². The van der Waals surface area contributed by atoms with Gasteiger partial charge >= 0.3 is 5.97 Å². The van der Waals surface area contributed by atoms with Gasteiger partial charge in [-0.1, -0.05) is 46.3 Å². The number of carbonyl (C=O) groups excluding carboxylic acids is 2. The van der Waals surface area contributed by atoms with Gasteiger partial charge in [0, 0.05) is 15.4 Å². The van der Waals surface area contributed by atoms with Crippen molar-refractivity contribution in [3.63, 3.8) is 0 Å². The Morgan fingerprint density at radius 2 is 1.59 bits per heavy atom. The lowest BCUT2D eigenvalue weighted by Crippen LogP contribution is -2.18. The second-order valence-electron chi connectivity index (χ2n) is 8.47. The Kier molecular flexibility index (Phi) is 7.75. The van der Waals surface area contributed by atoms with Crippen molar-refractivity contribution in [3.05, 3.63) is 124 Å². The lowest BCUT2D eigenvalue weighted by Gasteiger charge is -2.10. The van der Waals surface area contributed by atoms with E-state index in [2.05, 4.69) is 26.5 Å². The quantitative estimate of drug-likeness (QED) is 0.101. The molecule has 1 aromatic heterocycles. The predicted octanol–water partition coefficient (Wildman–Crippen LogP) is 6.66. The summed E-state index contributed by atoms with van der Waals surface area (Å²) in [5.41, 5.74) is 6.40.